The van der Waals surface area contributed by atoms with Crippen molar-refractivity contribution in [3.05, 3.63) is 66.5 Å². The van der Waals surface area contributed by atoms with E-state index in [4.69, 9.17) is 9.47 Å². The minimum Gasteiger partial charge on any atom is -0.494 e. The van der Waals surface area contributed by atoms with Crippen LogP contribution in [-0.4, -0.2) is 22.3 Å². The zero-order chi connectivity index (χ0) is 18.4. The van der Waals surface area contributed by atoms with Crippen LogP contribution in [0.25, 0.3) is 0 Å². The lowest BCUT2D eigenvalue weighted by Gasteiger charge is -2.08. The Balaban J connectivity index is 1.60. The van der Waals surface area contributed by atoms with Gasteiger partial charge in [0.1, 0.15) is 17.2 Å². The molecule has 0 saturated carbocycles. The van der Waals surface area contributed by atoms with E-state index >= 15 is 0 Å². The van der Waals surface area contributed by atoms with Gasteiger partial charge >= 0.3 is 0 Å². The van der Waals surface area contributed by atoms with Crippen LogP contribution < -0.4 is 14.8 Å². The predicted molar refractivity (Wildman–Crippen MR) is 100.0 cm³/mol. The molecule has 0 saturated heterocycles. The number of benzene rings is 2. The first-order valence-corrected chi connectivity index (χ1v) is 8.52. The largest absolute Gasteiger partial charge is 0.494 e. The molecule has 0 aliphatic carbocycles. The maximum absolute atomic E-state index is 12.2. The fourth-order valence-corrected chi connectivity index (χ4v) is 2.37. The van der Waals surface area contributed by atoms with Crippen LogP contribution in [0, 0.1) is 0 Å². The summed E-state index contributed by atoms with van der Waals surface area (Å²) < 4.78 is 12.9. The van der Waals surface area contributed by atoms with E-state index in [-0.39, 0.29) is 5.91 Å². The number of anilines is 1. The molecule has 0 spiro atoms. The Kier molecular flexibility index (Phi) is 5.53. The zero-order valence-electron chi connectivity index (χ0n) is 14.8. The summed E-state index contributed by atoms with van der Waals surface area (Å²) in [7, 11) is 0. The van der Waals surface area contributed by atoms with Crippen molar-refractivity contribution in [2.24, 2.45) is 0 Å². The molecule has 0 aliphatic rings. The lowest BCUT2D eigenvalue weighted by Crippen LogP contribution is -2.11. The lowest BCUT2D eigenvalue weighted by atomic mass is 10.2. The summed E-state index contributed by atoms with van der Waals surface area (Å²) in [6.45, 7) is 5.27. The molecule has 0 fully saturated rings. The normalized spacial score (nSPS) is 10.4. The number of hydrogen-bond acceptors (Lipinski definition) is 4. The third kappa shape index (κ3) is 4.42. The first-order valence-electron chi connectivity index (χ1n) is 8.52. The number of aromatic nitrogens is 2. The summed E-state index contributed by atoms with van der Waals surface area (Å²) in [6, 6.07) is 14.6. The number of rotatable bonds is 7. The highest BCUT2D eigenvalue weighted by Gasteiger charge is 2.08. The van der Waals surface area contributed by atoms with Gasteiger partial charge in [-0.05, 0) is 62.4 Å². The van der Waals surface area contributed by atoms with E-state index in [0.717, 1.165) is 18.0 Å². The van der Waals surface area contributed by atoms with Gasteiger partial charge in [-0.3, -0.25) is 9.48 Å². The highest BCUT2D eigenvalue weighted by atomic mass is 16.5. The van der Waals surface area contributed by atoms with Crippen molar-refractivity contribution in [3.63, 3.8) is 0 Å². The first kappa shape index (κ1) is 17.5. The summed E-state index contributed by atoms with van der Waals surface area (Å²) in [5.41, 5.74) is 1.22. The molecular formula is C20H21N3O3. The summed E-state index contributed by atoms with van der Waals surface area (Å²) in [4.78, 5) is 12.2. The van der Waals surface area contributed by atoms with Crippen molar-refractivity contribution >= 4 is 11.6 Å². The van der Waals surface area contributed by atoms with E-state index in [1.165, 1.54) is 0 Å². The summed E-state index contributed by atoms with van der Waals surface area (Å²) in [6.07, 6.45) is 3.28. The number of ether oxygens (including phenoxy) is 2. The maximum atomic E-state index is 12.2. The van der Waals surface area contributed by atoms with Gasteiger partial charge in [-0.25, -0.2) is 0 Å². The second-order valence-electron chi connectivity index (χ2n) is 5.57. The number of carbonyl (C=O) groups excluding carboxylic acids is 1. The van der Waals surface area contributed by atoms with Gasteiger partial charge in [-0.2, -0.15) is 5.10 Å². The first-order chi connectivity index (χ1) is 12.7. The minimum absolute atomic E-state index is 0.190. The fraction of sp³-hybridized carbons (Fsp3) is 0.200. The molecule has 0 bridgehead atoms. The van der Waals surface area contributed by atoms with Crippen molar-refractivity contribution in [3.8, 4) is 17.2 Å². The molecule has 3 aromatic rings. The Labute approximate surface area is 152 Å². The van der Waals surface area contributed by atoms with E-state index in [1.807, 2.05) is 50.2 Å². The molecule has 0 unspecified atom stereocenters. The Morgan fingerprint density at radius 2 is 1.62 bits per heavy atom. The minimum atomic E-state index is -0.190. The Hall–Kier alpha value is -3.28. The van der Waals surface area contributed by atoms with Gasteiger partial charge < -0.3 is 14.8 Å². The summed E-state index contributed by atoms with van der Waals surface area (Å²) in [5.74, 6) is 2.03. The van der Waals surface area contributed by atoms with Gasteiger partial charge in [0, 0.05) is 18.4 Å². The smallest absolute Gasteiger partial charge is 0.258 e. The standard InChI is InChI=1S/C20H21N3O3/c1-3-23-14-15(13-21-23)20(24)22-16-5-7-18(8-6-16)26-19-11-9-17(10-12-19)25-4-2/h5-14H,3-4H2,1-2H3,(H,22,24). The molecule has 1 amide bonds. The number of carbonyl (C=O) groups is 1. The molecule has 6 nitrogen and oxygen atoms in total. The molecule has 6 heteroatoms. The highest BCUT2D eigenvalue weighted by molar-refractivity contribution is 6.03. The lowest BCUT2D eigenvalue weighted by molar-refractivity contribution is 0.102. The van der Waals surface area contributed by atoms with Gasteiger partial charge in [0.15, 0.2) is 0 Å². The molecule has 1 aromatic heterocycles. The third-order valence-corrected chi connectivity index (χ3v) is 3.70. The van der Waals surface area contributed by atoms with Crippen LogP contribution in [0.3, 0.4) is 0 Å². The Morgan fingerprint density at radius 3 is 2.19 bits per heavy atom. The molecule has 1 heterocycles. The summed E-state index contributed by atoms with van der Waals surface area (Å²) in [5, 5.41) is 6.95. The average Bonchev–Trinajstić information content (AvgIpc) is 3.15. The van der Waals surface area contributed by atoms with E-state index in [1.54, 1.807) is 29.2 Å². The second-order valence-corrected chi connectivity index (χ2v) is 5.57. The van der Waals surface area contributed by atoms with Crippen molar-refractivity contribution in [1.82, 2.24) is 9.78 Å². The predicted octanol–water partition coefficient (Wildman–Crippen LogP) is 4.35. The van der Waals surface area contributed by atoms with Gasteiger partial charge in [0.25, 0.3) is 5.91 Å². The fourth-order valence-electron chi connectivity index (χ4n) is 2.37. The molecule has 0 aliphatic heterocycles. The molecule has 134 valence electrons. The molecule has 26 heavy (non-hydrogen) atoms. The number of hydrogen-bond donors (Lipinski definition) is 1. The highest BCUT2D eigenvalue weighted by Crippen LogP contribution is 2.25. The van der Waals surface area contributed by atoms with Gasteiger partial charge in [0.2, 0.25) is 0 Å². The van der Waals surface area contributed by atoms with Gasteiger partial charge in [-0.1, -0.05) is 0 Å². The van der Waals surface area contributed by atoms with Crippen LogP contribution in [0.15, 0.2) is 60.9 Å². The molecule has 0 radical (unpaired) electrons. The topological polar surface area (TPSA) is 65.4 Å². The number of amides is 1. The maximum Gasteiger partial charge on any atom is 0.258 e. The van der Waals surface area contributed by atoms with Crippen LogP contribution >= 0.6 is 0 Å². The monoisotopic (exact) mass is 351 g/mol. The number of nitrogens with one attached hydrogen (secondary N) is 1. The van der Waals surface area contributed by atoms with Crippen LogP contribution in [-0.2, 0) is 6.54 Å². The molecule has 2 aromatic carbocycles. The molecular weight excluding hydrogens is 330 g/mol. The quantitative estimate of drug-likeness (QED) is 0.687. The van der Waals surface area contributed by atoms with Crippen LogP contribution in [0.1, 0.15) is 24.2 Å². The number of aryl methyl sites for hydroxylation is 1. The van der Waals surface area contributed by atoms with Crippen molar-refractivity contribution < 1.29 is 14.3 Å². The van der Waals surface area contributed by atoms with Crippen LogP contribution in [0.2, 0.25) is 0 Å². The van der Waals surface area contributed by atoms with Gasteiger partial charge in [-0.15, -0.1) is 0 Å². The average molecular weight is 351 g/mol. The third-order valence-electron chi connectivity index (χ3n) is 3.70. The van der Waals surface area contributed by atoms with E-state index in [9.17, 15) is 4.79 Å². The van der Waals surface area contributed by atoms with E-state index in [0.29, 0.717) is 23.6 Å². The van der Waals surface area contributed by atoms with E-state index in [2.05, 4.69) is 10.4 Å². The van der Waals surface area contributed by atoms with Gasteiger partial charge in [0.05, 0.1) is 18.4 Å². The molecule has 0 atom stereocenters. The van der Waals surface area contributed by atoms with Crippen molar-refractivity contribution in [2.45, 2.75) is 20.4 Å². The van der Waals surface area contributed by atoms with Crippen LogP contribution in [0.4, 0.5) is 5.69 Å². The molecule has 1 N–H and O–H groups in total. The van der Waals surface area contributed by atoms with Crippen molar-refractivity contribution in [1.29, 1.82) is 0 Å². The Bertz CT molecular complexity index is 855. The molecule has 3 rings (SSSR count). The van der Waals surface area contributed by atoms with E-state index < -0.39 is 0 Å². The summed E-state index contributed by atoms with van der Waals surface area (Å²) >= 11 is 0. The SMILES string of the molecule is CCOc1ccc(Oc2ccc(NC(=O)c3cnn(CC)c3)cc2)cc1. The zero-order valence-corrected chi connectivity index (χ0v) is 14.8. The van der Waals surface area contributed by atoms with Crippen LogP contribution in [0.5, 0.6) is 17.2 Å². The number of nitrogens with zero attached hydrogens (tertiary/aromatic N) is 2. The van der Waals surface area contributed by atoms with Crippen molar-refractivity contribution in [2.75, 3.05) is 11.9 Å². The second kappa shape index (κ2) is 8.20. The Morgan fingerprint density at radius 1 is 1.00 bits per heavy atom.